The van der Waals surface area contributed by atoms with Gasteiger partial charge in [0.25, 0.3) is 0 Å². The van der Waals surface area contributed by atoms with E-state index >= 15 is 0 Å². The summed E-state index contributed by atoms with van der Waals surface area (Å²) in [5, 5.41) is 0. The summed E-state index contributed by atoms with van der Waals surface area (Å²) in [4.78, 5) is 78.6. The van der Waals surface area contributed by atoms with Crippen molar-refractivity contribution < 1.29 is 184 Å². The monoisotopic (exact) mass is 1060 g/mol. The fourth-order valence-corrected chi connectivity index (χ4v) is 1.13. The number of Topliss-reactive ketones (excluding diaryl/α,β-unsaturated/α-hetero) is 8. The molecule has 0 aliphatic carbocycles. The second-order valence-corrected chi connectivity index (χ2v) is 7.47. The molecule has 304 valence electrons. The smallest absolute Gasteiger partial charge is 0.324 e. The minimum absolute atomic E-state index is 0. The van der Waals surface area contributed by atoms with Crippen molar-refractivity contribution in [2.75, 3.05) is 0 Å². The second kappa shape index (κ2) is 20.8. The molecule has 0 spiro atoms. The topological polar surface area (TPSA) is 137 Å². The molecular formula is C20H4F24O8Th. The van der Waals surface area contributed by atoms with Crippen molar-refractivity contribution in [3.63, 3.8) is 0 Å². The van der Waals surface area contributed by atoms with Gasteiger partial charge in [0.1, 0.15) is 46.3 Å². The van der Waals surface area contributed by atoms with Gasteiger partial charge in [0.2, 0.25) is 0 Å². The molecular weight excluding hydrogens is 1060 g/mol. The molecule has 0 aromatic carbocycles. The number of carbonyl (C=O) groups excluding carboxylic acids is 8. The molecule has 0 radical (unpaired) electrons. The van der Waals surface area contributed by atoms with E-state index in [-0.39, 0.29) is 39.9 Å². The molecule has 8 nitrogen and oxygen atoms in total. The van der Waals surface area contributed by atoms with Crippen LogP contribution in [0.15, 0.2) is 0 Å². The molecule has 0 unspecified atom stereocenters. The van der Waals surface area contributed by atoms with Crippen molar-refractivity contribution in [1.29, 1.82) is 0 Å². The van der Waals surface area contributed by atoms with Crippen molar-refractivity contribution in [1.82, 2.24) is 0 Å². The number of ketones is 8. The first-order chi connectivity index (χ1) is 22.2. The fourth-order valence-electron chi connectivity index (χ4n) is 1.13. The Hall–Kier alpha value is -3.52. The van der Waals surface area contributed by atoms with Crippen molar-refractivity contribution in [2.45, 2.75) is 49.4 Å². The van der Waals surface area contributed by atoms with Crippen LogP contribution >= 0.6 is 0 Å². The Morgan fingerprint density at radius 1 is 0.208 bits per heavy atom. The Bertz CT molecular complexity index is 1010. The van der Waals surface area contributed by atoms with Crippen LogP contribution < -0.4 is 0 Å². The molecule has 0 saturated carbocycles. The molecule has 53 heavy (non-hydrogen) atoms. The van der Waals surface area contributed by atoms with Crippen LogP contribution in [-0.4, -0.2) is 95.7 Å². The molecule has 0 N–H and O–H groups in total. The molecule has 0 heterocycles. The van der Waals surface area contributed by atoms with Gasteiger partial charge in [-0.1, -0.05) is 0 Å². The SMILES string of the molecule is O=C([CH-]C(=O)C(F)(F)F)C(F)(F)F.O=C([CH-]C(=O)C(F)(F)F)C(F)(F)F.O=C([CH-]C(=O)C(F)(F)F)C(F)(F)F.O=C([CH-]C(=O)C(F)(F)F)C(F)(F)F.[Th+4]. The summed E-state index contributed by atoms with van der Waals surface area (Å²) in [6.45, 7) is 0. The summed E-state index contributed by atoms with van der Waals surface area (Å²) in [5.41, 5.74) is 0. The number of alkyl halides is 24. The van der Waals surface area contributed by atoms with Crippen LogP contribution in [0.2, 0.25) is 0 Å². The maximum absolute atomic E-state index is 11.3. The minimum atomic E-state index is -5.46. The van der Waals surface area contributed by atoms with Gasteiger partial charge in [0.05, 0.1) is 0 Å². The first-order valence-electron chi connectivity index (χ1n) is 10.5. The summed E-state index contributed by atoms with van der Waals surface area (Å²) in [5.74, 6) is -22.6. The van der Waals surface area contributed by atoms with Crippen LogP contribution in [0.5, 0.6) is 0 Å². The van der Waals surface area contributed by atoms with Gasteiger partial charge < -0.3 is 38.4 Å². The Morgan fingerprint density at radius 2 is 0.264 bits per heavy atom. The van der Waals surface area contributed by atoms with Crippen molar-refractivity contribution in [2.24, 2.45) is 0 Å². The number of carbonyl (C=O) groups is 8. The molecule has 0 fully saturated rings. The van der Waals surface area contributed by atoms with E-state index in [9.17, 15) is 144 Å². The number of rotatable bonds is 8. The first kappa shape index (κ1) is 58.8. The first-order valence-corrected chi connectivity index (χ1v) is 10.5. The Labute approximate surface area is 304 Å². The van der Waals surface area contributed by atoms with Gasteiger partial charge in [-0.2, -0.15) is 105 Å². The van der Waals surface area contributed by atoms with Gasteiger partial charge in [-0.3, -0.25) is 0 Å². The average molecular weight is 1060 g/mol. The van der Waals surface area contributed by atoms with Gasteiger partial charge in [0, 0.05) is 0 Å². The number of halogens is 24. The Morgan fingerprint density at radius 3 is 0.302 bits per heavy atom. The fraction of sp³-hybridized carbons (Fsp3) is 0.400. The quantitative estimate of drug-likeness (QED) is 0.169. The van der Waals surface area contributed by atoms with Gasteiger partial charge in [-0.25, -0.2) is 25.7 Å². The van der Waals surface area contributed by atoms with E-state index in [1.807, 2.05) is 0 Å². The summed E-state index contributed by atoms with van der Waals surface area (Å²) < 4.78 is 271. The van der Waals surface area contributed by atoms with Crippen LogP contribution in [0, 0.1) is 65.6 Å². The third-order valence-corrected chi connectivity index (χ3v) is 3.28. The number of hydrogen-bond donors (Lipinski definition) is 0. The van der Waals surface area contributed by atoms with Crippen LogP contribution in [0.25, 0.3) is 0 Å². The van der Waals surface area contributed by atoms with E-state index in [0.717, 1.165) is 0 Å². The van der Waals surface area contributed by atoms with E-state index < -0.39 is 121 Å². The molecule has 0 rings (SSSR count). The van der Waals surface area contributed by atoms with Crippen LogP contribution in [0.3, 0.4) is 0 Å². The third-order valence-electron chi connectivity index (χ3n) is 3.28. The van der Waals surface area contributed by atoms with Crippen molar-refractivity contribution >= 4 is 46.3 Å². The van der Waals surface area contributed by atoms with Gasteiger partial charge in [-0.15, -0.1) is 0 Å². The molecule has 0 bridgehead atoms. The van der Waals surface area contributed by atoms with Crippen LogP contribution in [-0.2, 0) is 38.4 Å². The van der Waals surface area contributed by atoms with Crippen molar-refractivity contribution in [3.8, 4) is 0 Å². The average Bonchev–Trinajstić information content (AvgIpc) is 2.85. The molecule has 0 aromatic heterocycles. The molecule has 0 saturated heterocycles. The molecule has 0 aliphatic heterocycles. The minimum Gasteiger partial charge on any atom is -0.324 e. The zero-order chi connectivity index (χ0) is 43.4. The third kappa shape index (κ3) is 28.6. The summed E-state index contributed by atoms with van der Waals surface area (Å²) in [6.07, 6.45) is -47.8. The zero-order valence-corrected chi connectivity index (χ0v) is 27.3. The van der Waals surface area contributed by atoms with Crippen molar-refractivity contribution in [3.05, 3.63) is 25.7 Å². The molecule has 0 aromatic rings. The molecule has 0 aliphatic rings. The largest absolute Gasteiger partial charge is 4.00 e. The van der Waals surface area contributed by atoms with E-state index in [0.29, 0.717) is 0 Å². The summed E-state index contributed by atoms with van der Waals surface area (Å²) in [7, 11) is 0. The predicted molar refractivity (Wildman–Crippen MR) is 106 cm³/mol. The summed E-state index contributed by atoms with van der Waals surface area (Å²) in [6, 6.07) is 0. The molecule has 33 heteroatoms. The van der Waals surface area contributed by atoms with E-state index in [1.165, 1.54) is 0 Å². The van der Waals surface area contributed by atoms with Gasteiger partial charge in [-0.05, 0) is 0 Å². The molecule has 0 amide bonds. The maximum atomic E-state index is 11.3. The zero-order valence-electron chi connectivity index (χ0n) is 23.1. The maximum Gasteiger partial charge on any atom is 4.00 e. The van der Waals surface area contributed by atoms with Gasteiger partial charge >= 0.3 is 89.4 Å². The van der Waals surface area contributed by atoms with E-state index in [4.69, 9.17) is 0 Å². The predicted octanol–water partition coefficient (Wildman–Crippen LogP) is 5.81. The van der Waals surface area contributed by atoms with Crippen LogP contribution in [0.1, 0.15) is 0 Å². The van der Waals surface area contributed by atoms with Crippen LogP contribution in [0.4, 0.5) is 105 Å². The Kier molecular flexibility index (Phi) is 23.1. The van der Waals surface area contributed by atoms with Gasteiger partial charge in [0.15, 0.2) is 0 Å². The van der Waals surface area contributed by atoms with E-state index in [2.05, 4.69) is 0 Å². The summed E-state index contributed by atoms with van der Waals surface area (Å²) >= 11 is 0. The standard InChI is InChI=1S/4C5HF6O2.Th/c4*6-4(7,8)2(12)1-3(13)5(9,10)11;/h4*1H;/q4*-1;+4. The normalized spacial score (nSPS) is 12.2. The Balaban J connectivity index is -0.000000192. The number of hydrogen-bond acceptors (Lipinski definition) is 8. The molecule has 0 atom stereocenters. The second-order valence-electron chi connectivity index (χ2n) is 7.47. The van der Waals surface area contributed by atoms with E-state index in [1.54, 1.807) is 0 Å².